The normalized spacial score (nSPS) is 13.5. The molecule has 0 heterocycles. The van der Waals surface area contributed by atoms with Gasteiger partial charge in [0, 0.05) is 11.4 Å². The van der Waals surface area contributed by atoms with Crippen LogP contribution in [0.2, 0.25) is 5.02 Å². The summed E-state index contributed by atoms with van der Waals surface area (Å²) in [7, 11) is 0. The molecule has 0 spiro atoms. The average molecular weight is 511 g/mol. The second kappa shape index (κ2) is 12.9. The van der Waals surface area contributed by atoms with Crippen LogP contribution in [0.5, 0.6) is 0 Å². The number of carbonyl (C=O) groups is 4. The summed E-state index contributed by atoms with van der Waals surface area (Å²) in [6, 6.07) is 4.96. The third kappa shape index (κ3) is 9.88. The van der Waals surface area contributed by atoms with Crippen molar-refractivity contribution in [1.82, 2.24) is 10.6 Å². The average Bonchev–Trinajstić information content (AvgIpc) is 2.73. The van der Waals surface area contributed by atoms with E-state index in [2.05, 4.69) is 10.6 Å². The fourth-order valence-electron chi connectivity index (χ4n) is 3.26. The zero-order valence-corrected chi connectivity index (χ0v) is 22.7. The second-order valence-electron chi connectivity index (χ2n) is 10.3. The van der Waals surface area contributed by atoms with Gasteiger partial charge in [0.25, 0.3) is 0 Å². The van der Waals surface area contributed by atoms with Gasteiger partial charge in [0.2, 0.25) is 11.8 Å². The summed E-state index contributed by atoms with van der Waals surface area (Å²) in [6.45, 7) is 14.1. The van der Waals surface area contributed by atoms with Gasteiger partial charge < -0.3 is 20.1 Å². The third-order valence-corrected chi connectivity index (χ3v) is 5.57. The second-order valence-corrected chi connectivity index (χ2v) is 10.7. The fourth-order valence-corrected chi connectivity index (χ4v) is 3.39. The van der Waals surface area contributed by atoms with Crippen LogP contribution in [0, 0.1) is 5.92 Å². The minimum atomic E-state index is -1.06. The SMILES string of the molecule is CCOC(=O)[C@@H](CCC(=O)OC(C)(C)C)NC(=O)[C@@H](NC(=O)C(C)(C)c1ccc(Cl)cc1)C(C)C. The summed E-state index contributed by atoms with van der Waals surface area (Å²) in [5.74, 6) is -2.30. The molecule has 2 amide bonds. The van der Waals surface area contributed by atoms with Gasteiger partial charge in [-0.2, -0.15) is 0 Å². The van der Waals surface area contributed by atoms with E-state index in [1.165, 1.54) is 0 Å². The van der Waals surface area contributed by atoms with Crippen molar-refractivity contribution in [3.8, 4) is 0 Å². The number of esters is 2. The summed E-state index contributed by atoms with van der Waals surface area (Å²) >= 11 is 5.96. The molecule has 0 fully saturated rings. The maximum atomic E-state index is 13.2. The van der Waals surface area contributed by atoms with Gasteiger partial charge in [-0.1, -0.05) is 37.6 Å². The third-order valence-electron chi connectivity index (χ3n) is 5.31. The molecule has 0 unspecified atom stereocenters. The van der Waals surface area contributed by atoms with Crippen molar-refractivity contribution in [2.24, 2.45) is 5.92 Å². The highest BCUT2D eigenvalue weighted by atomic mass is 35.5. The lowest BCUT2D eigenvalue weighted by atomic mass is 9.83. The minimum absolute atomic E-state index is 0.00845. The first-order valence-electron chi connectivity index (χ1n) is 11.8. The van der Waals surface area contributed by atoms with E-state index in [1.54, 1.807) is 79.7 Å². The predicted octanol–water partition coefficient (Wildman–Crippen LogP) is 3.93. The van der Waals surface area contributed by atoms with Crippen LogP contribution in [-0.2, 0) is 34.1 Å². The number of hydrogen-bond donors (Lipinski definition) is 2. The minimum Gasteiger partial charge on any atom is -0.464 e. The van der Waals surface area contributed by atoms with Gasteiger partial charge in [-0.3, -0.25) is 14.4 Å². The van der Waals surface area contributed by atoms with Crippen molar-refractivity contribution < 1.29 is 28.7 Å². The highest BCUT2D eigenvalue weighted by Crippen LogP contribution is 2.25. The number of amides is 2. The molecular weight excluding hydrogens is 472 g/mol. The first kappa shape index (κ1) is 30.4. The molecule has 0 aliphatic rings. The maximum Gasteiger partial charge on any atom is 0.328 e. The lowest BCUT2D eigenvalue weighted by molar-refractivity contribution is -0.155. The van der Waals surface area contributed by atoms with E-state index < -0.39 is 40.9 Å². The number of hydrogen-bond acceptors (Lipinski definition) is 6. The summed E-state index contributed by atoms with van der Waals surface area (Å²) in [4.78, 5) is 50.9. The van der Waals surface area contributed by atoms with Crippen molar-refractivity contribution in [3.05, 3.63) is 34.9 Å². The van der Waals surface area contributed by atoms with Gasteiger partial charge in [-0.25, -0.2) is 4.79 Å². The summed E-state index contributed by atoms with van der Waals surface area (Å²) in [5.41, 5.74) is -0.858. The Morgan fingerprint density at radius 1 is 0.971 bits per heavy atom. The fraction of sp³-hybridized carbons (Fsp3) is 0.615. The highest BCUT2D eigenvalue weighted by molar-refractivity contribution is 6.30. The highest BCUT2D eigenvalue weighted by Gasteiger charge is 2.35. The molecule has 9 heteroatoms. The quantitative estimate of drug-likeness (QED) is 0.436. The van der Waals surface area contributed by atoms with Crippen LogP contribution in [0.15, 0.2) is 24.3 Å². The van der Waals surface area contributed by atoms with Crippen LogP contribution in [0.4, 0.5) is 0 Å². The monoisotopic (exact) mass is 510 g/mol. The Labute approximate surface area is 213 Å². The molecule has 2 atom stereocenters. The first-order chi connectivity index (χ1) is 16.1. The Morgan fingerprint density at radius 2 is 1.54 bits per heavy atom. The Bertz CT molecular complexity index is 890. The molecule has 0 bridgehead atoms. The van der Waals surface area contributed by atoms with E-state index in [9.17, 15) is 19.2 Å². The zero-order chi connectivity index (χ0) is 27.0. The number of halogens is 1. The summed E-state index contributed by atoms with van der Waals surface area (Å²) < 4.78 is 10.4. The van der Waals surface area contributed by atoms with Crippen molar-refractivity contribution in [1.29, 1.82) is 0 Å². The van der Waals surface area contributed by atoms with E-state index in [4.69, 9.17) is 21.1 Å². The molecule has 2 N–H and O–H groups in total. The molecule has 1 rings (SSSR count). The molecular formula is C26H39ClN2O6. The van der Waals surface area contributed by atoms with Crippen LogP contribution >= 0.6 is 11.6 Å². The lowest BCUT2D eigenvalue weighted by Crippen LogP contribution is -2.56. The van der Waals surface area contributed by atoms with Crippen LogP contribution in [0.25, 0.3) is 0 Å². The molecule has 0 aliphatic heterocycles. The Balaban J connectivity index is 2.98. The molecule has 0 aromatic heterocycles. The molecule has 0 saturated heterocycles. The standard InChI is InChI=1S/C26H39ClN2O6/c1-9-34-23(32)19(14-15-20(30)35-25(4,5)6)28-22(31)21(16(2)3)29-24(33)26(7,8)17-10-12-18(27)13-11-17/h10-13,16,19,21H,9,14-15H2,1-8H3,(H,28,31)(H,29,33)/t19-,21+/m1/s1. The molecule has 0 radical (unpaired) electrons. The van der Waals surface area contributed by atoms with Crippen LogP contribution in [-0.4, -0.2) is 48.0 Å². The Hall–Kier alpha value is -2.61. The molecule has 1 aromatic carbocycles. The molecule has 196 valence electrons. The van der Waals surface area contributed by atoms with Crippen molar-refractivity contribution in [2.75, 3.05) is 6.61 Å². The van der Waals surface area contributed by atoms with Crippen LogP contribution in [0.1, 0.15) is 73.8 Å². The van der Waals surface area contributed by atoms with Gasteiger partial charge in [-0.05, 0) is 71.6 Å². The van der Waals surface area contributed by atoms with Crippen molar-refractivity contribution in [2.45, 2.75) is 91.3 Å². The van der Waals surface area contributed by atoms with Gasteiger partial charge in [0.05, 0.1) is 12.0 Å². The molecule has 0 saturated carbocycles. The number of rotatable bonds is 11. The van der Waals surface area contributed by atoms with Crippen molar-refractivity contribution >= 4 is 35.4 Å². The molecule has 35 heavy (non-hydrogen) atoms. The Morgan fingerprint density at radius 3 is 2.03 bits per heavy atom. The van der Waals surface area contributed by atoms with E-state index in [1.807, 2.05) is 0 Å². The van der Waals surface area contributed by atoms with Crippen LogP contribution < -0.4 is 10.6 Å². The largest absolute Gasteiger partial charge is 0.464 e. The van der Waals surface area contributed by atoms with E-state index in [-0.39, 0.29) is 31.3 Å². The lowest BCUT2D eigenvalue weighted by Gasteiger charge is -2.30. The zero-order valence-electron chi connectivity index (χ0n) is 22.0. The smallest absolute Gasteiger partial charge is 0.328 e. The Kier molecular flexibility index (Phi) is 11.2. The summed E-state index contributed by atoms with van der Waals surface area (Å²) in [6.07, 6.45) is -0.0716. The van der Waals surface area contributed by atoms with E-state index >= 15 is 0 Å². The number of nitrogens with one attached hydrogen (secondary N) is 2. The molecule has 0 aliphatic carbocycles. The molecule has 1 aromatic rings. The van der Waals surface area contributed by atoms with E-state index in [0.29, 0.717) is 5.02 Å². The van der Waals surface area contributed by atoms with Gasteiger partial charge >= 0.3 is 11.9 Å². The van der Waals surface area contributed by atoms with E-state index in [0.717, 1.165) is 5.56 Å². The van der Waals surface area contributed by atoms with Gasteiger partial charge in [-0.15, -0.1) is 0 Å². The molecule has 8 nitrogen and oxygen atoms in total. The van der Waals surface area contributed by atoms with Gasteiger partial charge in [0.15, 0.2) is 0 Å². The van der Waals surface area contributed by atoms with Crippen LogP contribution in [0.3, 0.4) is 0 Å². The maximum absolute atomic E-state index is 13.2. The topological polar surface area (TPSA) is 111 Å². The number of carbonyl (C=O) groups excluding carboxylic acids is 4. The first-order valence-corrected chi connectivity index (χ1v) is 12.2. The number of ether oxygens (including phenoxy) is 2. The summed E-state index contributed by atoms with van der Waals surface area (Å²) in [5, 5.41) is 6.02. The van der Waals surface area contributed by atoms with Crippen molar-refractivity contribution in [3.63, 3.8) is 0 Å². The van der Waals surface area contributed by atoms with Gasteiger partial charge in [0.1, 0.15) is 17.7 Å². The number of benzene rings is 1. The predicted molar refractivity (Wildman–Crippen MR) is 135 cm³/mol.